The van der Waals surface area contributed by atoms with E-state index in [9.17, 15) is 9.18 Å². The van der Waals surface area contributed by atoms with Gasteiger partial charge in [0, 0.05) is 18.2 Å². The molecular weight excluding hydrogens is 243 g/mol. The van der Waals surface area contributed by atoms with Crippen molar-refractivity contribution in [3.8, 4) is 0 Å². The van der Waals surface area contributed by atoms with Crippen molar-refractivity contribution in [2.75, 3.05) is 13.1 Å². The number of hydrogen-bond donors (Lipinski definition) is 1. The SMILES string of the molecule is Cc1ccc(F)cc1C(=O)N1CC(CN)CCC1C. The number of carbonyl (C=O) groups excluding carboxylic acids is 1. The summed E-state index contributed by atoms with van der Waals surface area (Å²) in [6, 6.07) is 4.56. The Hall–Kier alpha value is -1.42. The van der Waals surface area contributed by atoms with Crippen molar-refractivity contribution in [2.45, 2.75) is 32.7 Å². The van der Waals surface area contributed by atoms with Gasteiger partial charge >= 0.3 is 0 Å². The minimum Gasteiger partial charge on any atom is -0.336 e. The van der Waals surface area contributed by atoms with E-state index in [1.807, 2.05) is 18.7 Å². The molecule has 2 atom stereocenters. The molecule has 0 aliphatic carbocycles. The highest BCUT2D eigenvalue weighted by molar-refractivity contribution is 5.95. The number of amides is 1. The summed E-state index contributed by atoms with van der Waals surface area (Å²) in [5, 5.41) is 0. The second kappa shape index (κ2) is 5.70. The fraction of sp³-hybridized carbons (Fsp3) is 0.533. The largest absolute Gasteiger partial charge is 0.336 e. The van der Waals surface area contributed by atoms with Crippen molar-refractivity contribution in [2.24, 2.45) is 11.7 Å². The molecule has 1 aliphatic rings. The van der Waals surface area contributed by atoms with Crippen molar-refractivity contribution < 1.29 is 9.18 Å². The van der Waals surface area contributed by atoms with Gasteiger partial charge in [0.15, 0.2) is 0 Å². The minimum atomic E-state index is -0.367. The van der Waals surface area contributed by atoms with Gasteiger partial charge in [0.2, 0.25) is 0 Å². The quantitative estimate of drug-likeness (QED) is 0.891. The Bertz CT molecular complexity index is 475. The summed E-state index contributed by atoms with van der Waals surface area (Å²) in [6.07, 6.45) is 2.02. The summed E-state index contributed by atoms with van der Waals surface area (Å²) in [7, 11) is 0. The third-order valence-corrected chi connectivity index (χ3v) is 4.00. The van der Waals surface area contributed by atoms with Gasteiger partial charge in [-0.3, -0.25) is 4.79 Å². The Labute approximate surface area is 113 Å². The first-order valence-electron chi connectivity index (χ1n) is 6.80. The molecule has 0 radical (unpaired) electrons. The molecule has 1 amide bonds. The minimum absolute atomic E-state index is 0.0809. The first-order valence-corrected chi connectivity index (χ1v) is 6.80. The monoisotopic (exact) mass is 264 g/mol. The van der Waals surface area contributed by atoms with Crippen LogP contribution < -0.4 is 5.73 Å². The molecule has 104 valence electrons. The zero-order valence-corrected chi connectivity index (χ0v) is 11.5. The molecule has 19 heavy (non-hydrogen) atoms. The number of rotatable bonds is 2. The number of nitrogens with zero attached hydrogens (tertiary/aromatic N) is 1. The molecule has 1 aliphatic heterocycles. The molecule has 2 unspecified atom stereocenters. The van der Waals surface area contributed by atoms with Gasteiger partial charge in [-0.25, -0.2) is 4.39 Å². The van der Waals surface area contributed by atoms with Crippen molar-refractivity contribution in [1.82, 2.24) is 4.90 Å². The molecular formula is C15H21FN2O. The molecule has 1 aromatic rings. The Morgan fingerprint density at radius 1 is 1.47 bits per heavy atom. The average molecular weight is 264 g/mol. The topological polar surface area (TPSA) is 46.3 Å². The molecule has 2 rings (SSSR count). The Balaban J connectivity index is 2.24. The second-order valence-corrected chi connectivity index (χ2v) is 5.44. The molecule has 4 heteroatoms. The zero-order chi connectivity index (χ0) is 14.0. The maximum absolute atomic E-state index is 13.3. The van der Waals surface area contributed by atoms with E-state index in [2.05, 4.69) is 0 Å². The van der Waals surface area contributed by atoms with Crippen molar-refractivity contribution in [3.63, 3.8) is 0 Å². The van der Waals surface area contributed by atoms with Crippen molar-refractivity contribution in [3.05, 3.63) is 35.1 Å². The van der Waals surface area contributed by atoms with Crippen LogP contribution in [0.25, 0.3) is 0 Å². The Morgan fingerprint density at radius 2 is 2.21 bits per heavy atom. The summed E-state index contributed by atoms with van der Waals surface area (Å²) in [5.74, 6) is -0.0920. The first kappa shape index (κ1) is 14.0. The third kappa shape index (κ3) is 2.95. The maximum atomic E-state index is 13.3. The van der Waals surface area contributed by atoms with Crippen LogP contribution >= 0.6 is 0 Å². The molecule has 0 spiro atoms. The highest BCUT2D eigenvalue weighted by atomic mass is 19.1. The third-order valence-electron chi connectivity index (χ3n) is 4.00. The summed E-state index contributed by atoms with van der Waals surface area (Å²) in [5.41, 5.74) is 6.98. The number of piperidine rings is 1. The lowest BCUT2D eigenvalue weighted by Gasteiger charge is -2.38. The van der Waals surface area contributed by atoms with E-state index in [-0.39, 0.29) is 17.8 Å². The van der Waals surface area contributed by atoms with Crippen molar-refractivity contribution in [1.29, 1.82) is 0 Å². The smallest absolute Gasteiger partial charge is 0.254 e. The van der Waals surface area contributed by atoms with Gasteiger partial charge in [0.05, 0.1) is 0 Å². The summed E-state index contributed by atoms with van der Waals surface area (Å²) < 4.78 is 13.3. The average Bonchev–Trinajstić information content (AvgIpc) is 2.41. The lowest BCUT2D eigenvalue weighted by molar-refractivity contribution is 0.0565. The van der Waals surface area contributed by atoms with Crippen LogP contribution in [-0.4, -0.2) is 29.9 Å². The number of nitrogens with two attached hydrogens (primary N) is 1. The lowest BCUT2D eigenvalue weighted by atomic mass is 9.92. The zero-order valence-electron chi connectivity index (χ0n) is 11.5. The predicted molar refractivity (Wildman–Crippen MR) is 73.4 cm³/mol. The fourth-order valence-corrected chi connectivity index (χ4v) is 2.64. The van der Waals surface area contributed by atoms with Gasteiger partial charge in [-0.05, 0) is 56.8 Å². The molecule has 0 aromatic heterocycles. The summed E-state index contributed by atoms with van der Waals surface area (Å²) in [6.45, 7) is 5.14. The Morgan fingerprint density at radius 3 is 2.89 bits per heavy atom. The first-order chi connectivity index (χ1) is 9.02. The maximum Gasteiger partial charge on any atom is 0.254 e. The molecule has 3 nitrogen and oxygen atoms in total. The van der Waals surface area contributed by atoms with Gasteiger partial charge in [-0.1, -0.05) is 6.07 Å². The Kier molecular flexibility index (Phi) is 4.20. The number of likely N-dealkylation sites (tertiary alicyclic amines) is 1. The molecule has 2 N–H and O–H groups in total. The highest BCUT2D eigenvalue weighted by Gasteiger charge is 2.29. The summed E-state index contributed by atoms with van der Waals surface area (Å²) in [4.78, 5) is 14.4. The van der Waals surface area contributed by atoms with Gasteiger partial charge in [0.25, 0.3) is 5.91 Å². The standard InChI is InChI=1S/C15H21FN2O/c1-10-3-6-13(16)7-14(10)15(19)18-9-12(8-17)5-4-11(18)2/h3,6-7,11-12H,4-5,8-9,17H2,1-2H3. The van der Waals surface area contributed by atoms with Crippen LogP contribution in [0.15, 0.2) is 18.2 Å². The van der Waals surface area contributed by atoms with Crippen LogP contribution in [0.2, 0.25) is 0 Å². The van der Waals surface area contributed by atoms with Crippen LogP contribution in [0, 0.1) is 18.7 Å². The van der Waals surface area contributed by atoms with Crippen LogP contribution in [0.3, 0.4) is 0 Å². The van der Waals surface area contributed by atoms with Crippen LogP contribution in [-0.2, 0) is 0 Å². The van der Waals surface area contributed by atoms with Crippen molar-refractivity contribution >= 4 is 5.91 Å². The number of carbonyl (C=O) groups is 1. The summed E-state index contributed by atoms with van der Waals surface area (Å²) >= 11 is 0. The van der Waals surface area contributed by atoms with E-state index in [0.29, 0.717) is 24.6 Å². The van der Waals surface area contributed by atoms with Crippen LogP contribution in [0.1, 0.15) is 35.7 Å². The molecule has 1 saturated heterocycles. The fourth-order valence-electron chi connectivity index (χ4n) is 2.64. The predicted octanol–water partition coefficient (Wildman–Crippen LogP) is 2.33. The van der Waals surface area contributed by atoms with Gasteiger partial charge in [0.1, 0.15) is 5.82 Å². The van der Waals surface area contributed by atoms with E-state index >= 15 is 0 Å². The molecule has 1 aromatic carbocycles. The van der Waals surface area contributed by atoms with E-state index < -0.39 is 0 Å². The van der Waals surface area contributed by atoms with E-state index in [0.717, 1.165) is 18.4 Å². The lowest BCUT2D eigenvalue weighted by Crippen LogP contribution is -2.47. The number of hydrogen-bond acceptors (Lipinski definition) is 2. The number of benzene rings is 1. The van der Waals surface area contributed by atoms with E-state index in [1.54, 1.807) is 6.07 Å². The number of aryl methyl sites for hydroxylation is 1. The molecule has 0 bridgehead atoms. The van der Waals surface area contributed by atoms with Gasteiger partial charge < -0.3 is 10.6 Å². The second-order valence-electron chi connectivity index (χ2n) is 5.44. The normalized spacial score (nSPS) is 23.5. The van der Waals surface area contributed by atoms with E-state index in [1.165, 1.54) is 12.1 Å². The molecule has 1 heterocycles. The highest BCUT2D eigenvalue weighted by Crippen LogP contribution is 2.24. The van der Waals surface area contributed by atoms with Gasteiger partial charge in [-0.15, -0.1) is 0 Å². The number of halogens is 1. The molecule has 1 fully saturated rings. The van der Waals surface area contributed by atoms with Gasteiger partial charge in [-0.2, -0.15) is 0 Å². The van der Waals surface area contributed by atoms with Crippen LogP contribution in [0.4, 0.5) is 4.39 Å². The van der Waals surface area contributed by atoms with Crippen LogP contribution in [0.5, 0.6) is 0 Å². The molecule has 0 saturated carbocycles. The van der Waals surface area contributed by atoms with E-state index in [4.69, 9.17) is 5.73 Å².